The molecule has 1 aromatic heterocycles. The number of nitrogens with one attached hydrogen (secondary N) is 1. The van der Waals surface area contributed by atoms with Gasteiger partial charge in [-0.05, 0) is 44.9 Å². The lowest BCUT2D eigenvalue weighted by molar-refractivity contribution is 0.0516. The number of hydrogen-bond donors (Lipinski definition) is 2. The Kier molecular flexibility index (Phi) is 5.11. The van der Waals surface area contributed by atoms with Crippen LogP contribution in [0.3, 0.4) is 0 Å². The van der Waals surface area contributed by atoms with Crippen molar-refractivity contribution in [2.45, 2.75) is 45.6 Å². The molecule has 5 nitrogen and oxygen atoms in total. The van der Waals surface area contributed by atoms with Crippen LogP contribution in [0.25, 0.3) is 0 Å². The van der Waals surface area contributed by atoms with Gasteiger partial charge >= 0.3 is 6.09 Å². The first-order valence-electron chi connectivity index (χ1n) is 6.76. The maximum Gasteiger partial charge on any atom is 0.407 e. The van der Waals surface area contributed by atoms with Crippen molar-refractivity contribution >= 4 is 6.09 Å². The van der Waals surface area contributed by atoms with Gasteiger partial charge in [-0.15, -0.1) is 0 Å². The molecule has 5 heteroatoms. The maximum atomic E-state index is 11.8. The minimum absolute atomic E-state index is 0.343. The van der Waals surface area contributed by atoms with Crippen molar-refractivity contribution < 1.29 is 9.53 Å². The summed E-state index contributed by atoms with van der Waals surface area (Å²) in [4.78, 5) is 15.8. The zero-order valence-corrected chi connectivity index (χ0v) is 13.0. The molecule has 0 aliphatic heterocycles. The summed E-state index contributed by atoms with van der Waals surface area (Å²) in [6.45, 7) is 10.4. The summed E-state index contributed by atoms with van der Waals surface area (Å²) >= 11 is 0. The molecule has 0 saturated carbocycles. The normalized spacial score (nSPS) is 14.5. The molecule has 0 aliphatic rings. The van der Waals surface area contributed by atoms with Crippen molar-refractivity contribution in [3.05, 3.63) is 29.6 Å². The van der Waals surface area contributed by atoms with Crippen LogP contribution in [-0.2, 0) is 10.2 Å². The molecule has 3 N–H and O–H groups in total. The Bertz CT molecular complexity index is 468. The fraction of sp³-hybridized carbons (Fsp3) is 0.600. The Morgan fingerprint density at radius 1 is 1.40 bits per heavy atom. The third kappa shape index (κ3) is 4.49. The first-order valence-corrected chi connectivity index (χ1v) is 6.76. The van der Waals surface area contributed by atoms with Gasteiger partial charge in [-0.2, -0.15) is 0 Å². The van der Waals surface area contributed by atoms with Gasteiger partial charge in [0.15, 0.2) is 0 Å². The summed E-state index contributed by atoms with van der Waals surface area (Å²) in [6, 6.07) is 1.94. The highest BCUT2D eigenvalue weighted by Crippen LogP contribution is 2.24. The lowest BCUT2D eigenvalue weighted by Crippen LogP contribution is -2.45. The van der Waals surface area contributed by atoms with Crippen LogP contribution in [0.2, 0.25) is 0 Å². The molecule has 0 spiro atoms. The molecule has 0 bridgehead atoms. The van der Waals surface area contributed by atoms with E-state index >= 15 is 0 Å². The van der Waals surface area contributed by atoms with Gasteiger partial charge in [0.2, 0.25) is 0 Å². The molecule has 1 atom stereocenters. The zero-order chi connectivity index (χ0) is 15.4. The number of aryl methyl sites for hydroxylation is 1. The standard InChI is InChI=1S/C15H25N3O2/c1-11-8-17-7-6-12(11)15(5,9-16)10-18-13(19)20-14(2,3)4/h6-8H,9-10,16H2,1-5H3,(H,18,19). The third-order valence-corrected chi connectivity index (χ3v) is 3.14. The van der Waals surface area contributed by atoms with Crippen molar-refractivity contribution in [1.82, 2.24) is 10.3 Å². The number of amides is 1. The van der Waals surface area contributed by atoms with Crippen LogP contribution in [0, 0.1) is 6.92 Å². The number of nitrogens with two attached hydrogens (primary N) is 1. The van der Waals surface area contributed by atoms with E-state index in [-0.39, 0.29) is 5.41 Å². The van der Waals surface area contributed by atoms with Crippen LogP contribution in [0.1, 0.15) is 38.8 Å². The molecular weight excluding hydrogens is 254 g/mol. The first-order chi connectivity index (χ1) is 9.18. The summed E-state index contributed by atoms with van der Waals surface area (Å²) in [7, 11) is 0. The SMILES string of the molecule is Cc1cnccc1C(C)(CN)CNC(=O)OC(C)(C)C. The van der Waals surface area contributed by atoms with E-state index in [1.54, 1.807) is 12.4 Å². The van der Waals surface area contributed by atoms with Crippen LogP contribution in [0.15, 0.2) is 18.5 Å². The minimum Gasteiger partial charge on any atom is -0.444 e. The summed E-state index contributed by atoms with van der Waals surface area (Å²) in [6.07, 6.45) is 3.12. The zero-order valence-electron chi connectivity index (χ0n) is 13.0. The van der Waals surface area contributed by atoms with Gasteiger partial charge in [0.1, 0.15) is 5.60 Å². The molecule has 1 rings (SSSR count). The molecule has 0 aromatic carbocycles. The van der Waals surface area contributed by atoms with Crippen LogP contribution >= 0.6 is 0 Å². The molecule has 20 heavy (non-hydrogen) atoms. The second-order valence-corrected chi connectivity index (χ2v) is 6.31. The van der Waals surface area contributed by atoms with Crippen molar-refractivity contribution in [2.75, 3.05) is 13.1 Å². The number of ether oxygens (including phenoxy) is 1. The summed E-state index contributed by atoms with van der Waals surface area (Å²) in [5.74, 6) is 0. The molecular formula is C15H25N3O2. The number of rotatable bonds is 4. The van der Waals surface area contributed by atoms with Crippen molar-refractivity contribution in [3.63, 3.8) is 0 Å². The molecule has 0 saturated heterocycles. The first kappa shape index (κ1) is 16.4. The predicted octanol–water partition coefficient (Wildman–Crippen LogP) is 2.13. The lowest BCUT2D eigenvalue weighted by Gasteiger charge is -2.30. The van der Waals surface area contributed by atoms with Crippen LogP contribution in [0.4, 0.5) is 4.79 Å². The highest BCUT2D eigenvalue weighted by molar-refractivity contribution is 5.67. The van der Waals surface area contributed by atoms with Crippen LogP contribution in [-0.4, -0.2) is 29.8 Å². The topological polar surface area (TPSA) is 77.2 Å². The molecule has 112 valence electrons. The van der Waals surface area contributed by atoms with E-state index in [0.29, 0.717) is 13.1 Å². The van der Waals surface area contributed by atoms with Crippen LogP contribution < -0.4 is 11.1 Å². The van der Waals surface area contributed by atoms with E-state index in [9.17, 15) is 4.79 Å². The number of pyridine rings is 1. The Balaban J connectivity index is 2.77. The monoisotopic (exact) mass is 279 g/mol. The van der Waals surface area contributed by atoms with Gasteiger partial charge in [0, 0.05) is 30.9 Å². The smallest absolute Gasteiger partial charge is 0.407 e. The van der Waals surface area contributed by atoms with Crippen molar-refractivity contribution in [1.29, 1.82) is 0 Å². The third-order valence-electron chi connectivity index (χ3n) is 3.14. The van der Waals surface area contributed by atoms with Gasteiger partial charge in [-0.25, -0.2) is 4.79 Å². The summed E-state index contributed by atoms with van der Waals surface area (Å²) in [5.41, 5.74) is 7.21. The Labute approximate surface area is 120 Å². The molecule has 0 radical (unpaired) electrons. The molecule has 1 aromatic rings. The number of nitrogens with zero attached hydrogens (tertiary/aromatic N) is 1. The molecule has 0 fully saturated rings. The van der Waals surface area contributed by atoms with E-state index in [1.165, 1.54) is 0 Å². The minimum atomic E-state index is -0.504. The van der Waals surface area contributed by atoms with E-state index in [1.807, 2.05) is 40.7 Å². The number of hydrogen-bond acceptors (Lipinski definition) is 4. The van der Waals surface area contributed by atoms with Crippen molar-refractivity contribution in [3.8, 4) is 0 Å². The van der Waals surface area contributed by atoms with E-state index in [0.717, 1.165) is 11.1 Å². The van der Waals surface area contributed by atoms with Gasteiger partial charge in [0.05, 0.1) is 0 Å². The molecule has 0 aliphatic carbocycles. The average molecular weight is 279 g/mol. The highest BCUT2D eigenvalue weighted by atomic mass is 16.6. The molecule has 1 unspecified atom stereocenters. The van der Waals surface area contributed by atoms with E-state index < -0.39 is 11.7 Å². The van der Waals surface area contributed by atoms with Crippen LogP contribution in [0.5, 0.6) is 0 Å². The fourth-order valence-electron chi connectivity index (χ4n) is 2.01. The Morgan fingerprint density at radius 3 is 2.55 bits per heavy atom. The number of alkyl carbamates (subject to hydrolysis) is 1. The summed E-state index contributed by atoms with van der Waals surface area (Å²) < 4.78 is 5.24. The number of carbonyl (C=O) groups excluding carboxylic acids is 1. The highest BCUT2D eigenvalue weighted by Gasteiger charge is 2.28. The predicted molar refractivity (Wildman–Crippen MR) is 79.6 cm³/mol. The van der Waals surface area contributed by atoms with Gasteiger partial charge in [0.25, 0.3) is 0 Å². The Hall–Kier alpha value is -1.62. The largest absolute Gasteiger partial charge is 0.444 e. The molecule has 1 amide bonds. The van der Waals surface area contributed by atoms with Crippen molar-refractivity contribution in [2.24, 2.45) is 5.73 Å². The average Bonchev–Trinajstić information content (AvgIpc) is 2.34. The lowest BCUT2D eigenvalue weighted by atomic mass is 9.81. The second-order valence-electron chi connectivity index (χ2n) is 6.31. The quantitative estimate of drug-likeness (QED) is 0.885. The van der Waals surface area contributed by atoms with Gasteiger partial charge < -0.3 is 15.8 Å². The molecule has 1 heterocycles. The van der Waals surface area contributed by atoms with E-state index in [4.69, 9.17) is 10.5 Å². The van der Waals surface area contributed by atoms with Gasteiger partial charge in [-0.1, -0.05) is 6.92 Å². The van der Waals surface area contributed by atoms with Gasteiger partial charge in [-0.3, -0.25) is 4.98 Å². The number of aromatic nitrogens is 1. The Morgan fingerprint density at radius 2 is 2.05 bits per heavy atom. The fourth-order valence-corrected chi connectivity index (χ4v) is 2.01. The summed E-state index contributed by atoms with van der Waals surface area (Å²) in [5, 5.41) is 2.79. The maximum absolute atomic E-state index is 11.8. The number of carbonyl (C=O) groups is 1. The second kappa shape index (κ2) is 6.22. The van der Waals surface area contributed by atoms with E-state index in [2.05, 4.69) is 10.3 Å².